The molecule has 7 heteroatoms. The Kier molecular flexibility index (Phi) is 7.52. The topological polar surface area (TPSA) is 126 Å². The van der Waals surface area contributed by atoms with E-state index in [0.717, 1.165) is 23.6 Å². The summed E-state index contributed by atoms with van der Waals surface area (Å²) < 4.78 is 0. The van der Waals surface area contributed by atoms with Crippen LogP contribution in [0.15, 0.2) is 30.3 Å². The number of fused-ring (bicyclic) bond motifs is 3. The maximum atomic E-state index is 14.7. The van der Waals surface area contributed by atoms with Crippen LogP contribution in [0.1, 0.15) is 109 Å². The molecule has 0 heterocycles. The van der Waals surface area contributed by atoms with Crippen molar-refractivity contribution in [1.82, 2.24) is 0 Å². The van der Waals surface area contributed by atoms with Crippen molar-refractivity contribution in [1.29, 1.82) is 0 Å². The first kappa shape index (κ1) is 32.9. The summed E-state index contributed by atoms with van der Waals surface area (Å²) in [6, 6.07) is 10.0. The number of hydrogen-bond donors (Lipinski definition) is 2. The Balaban J connectivity index is 1.79. The smallest absolute Gasteiger partial charge is 0.190 e. The standard InChI is InChI=1S/C38H46O7/c1-18(2)21-11-13-22(14-12-21)23-15-25(35(6,7)8)30(40)27-24(23)16-36(9)17-37(10)28(19(3)4)31(41)26(20(5)39)33(43)38(37,45)34(44)29(36)32(27)42/h11-15,18-19,26,28-29,40,45H,16-17H2,1-10H3/t26?,28?,29?,36-,37-,38+/m1/s1. The van der Waals surface area contributed by atoms with E-state index in [9.17, 15) is 34.2 Å². The largest absolute Gasteiger partial charge is 0.507 e. The van der Waals surface area contributed by atoms with E-state index < -0.39 is 74.4 Å². The first-order valence-corrected chi connectivity index (χ1v) is 16.0. The molecule has 2 fully saturated rings. The van der Waals surface area contributed by atoms with Gasteiger partial charge in [-0.05, 0) is 70.8 Å². The highest BCUT2D eigenvalue weighted by atomic mass is 16.3. The summed E-state index contributed by atoms with van der Waals surface area (Å²) in [4.78, 5) is 69.7. The molecule has 0 spiro atoms. The molecular formula is C38H46O7. The van der Waals surface area contributed by atoms with Crippen LogP contribution in [0.4, 0.5) is 0 Å². The lowest BCUT2D eigenvalue weighted by Gasteiger charge is -2.62. The number of hydrogen-bond acceptors (Lipinski definition) is 7. The maximum Gasteiger partial charge on any atom is 0.190 e. The highest BCUT2D eigenvalue weighted by Gasteiger charge is 2.76. The number of carbonyl (C=O) groups is 5. The lowest BCUT2D eigenvalue weighted by Crippen LogP contribution is -2.76. The van der Waals surface area contributed by atoms with Crippen molar-refractivity contribution in [2.75, 3.05) is 0 Å². The molecular weight excluding hydrogens is 568 g/mol. The van der Waals surface area contributed by atoms with E-state index in [0.29, 0.717) is 17.0 Å². The van der Waals surface area contributed by atoms with Gasteiger partial charge in [-0.1, -0.05) is 86.6 Å². The van der Waals surface area contributed by atoms with Gasteiger partial charge >= 0.3 is 0 Å². The summed E-state index contributed by atoms with van der Waals surface area (Å²) in [6.45, 7) is 18.1. The van der Waals surface area contributed by atoms with Crippen molar-refractivity contribution in [3.05, 3.63) is 52.6 Å². The summed E-state index contributed by atoms with van der Waals surface area (Å²) in [7, 11) is 0. The lowest BCUT2D eigenvalue weighted by atomic mass is 9.39. The number of phenols is 1. The van der Waals surface area contributed by atoms with E-state index in [1.165, 1.54) is 0 Å². The summed E-state index contributed by atoms with van der Waals surface area (Å²) in [6.07, 6.45) is 0.231. The molecule has 0 amide bonds. The number of benzene rings is 2. The second-order valence-electron chi connectivity index (χ2n) is 16.0. The van der Waals surface area contributed by atoms with Gasteiger partial charge in [-0.15, -0.1) is 0 Å². The molecule has 5 rings (SSSR count). The van der Waals surface area contributed by atoms with Crippen LogP contribution >= 0.6 is 0 Å². The van der Waals surface area contributed by atoms with E-state index >= 15 is 0 Å². The Morgan fingerprint density at radius 1 is 0.956 bits per heavy atom. The Morgan fingerprint density at radius 2 is 1.53 bits per heavy atom. The molecule has 0 saturated heterocycles. The molecule has 3 aliphatic carbocycles. The second-order valence-corrected chi connectivity index (χ2v) is 16.0. The Hall–Kier alpha value is -3.45. The minimum Gasteiger partial charge on any atom is -0.507 e. The third kappa shape index (κ3) is 4.44. The number of ketones is 5. The van der Waals surface area contributed by atoms with Gasteiger partial charge in [-0.25, -0.2) is 0 Å². The first-order valence-electron chi connectivity index (χ1n) is 16.0. The fourth-order valence-electron chi connectivity index (χ4n) is 9.08. The molecule has 0 bridgehead atoms. The molecule has 45 heavy (non-hydrogen) atoms. The molecule has 3 unspecified atom stereocenters. The Morgan fingerprint density at radius 3 is 2.02 bits per heavy atom. The molecule has 240 valence electrons. The number of rotatable bonds is 4. The monoisotopic (exact) mass is 614 g/mol. The highest BCUT2D eigenvalue weighted by molar-refractivity contribution is 6.32. The molecule has 0 radical (unpaired) electrons. The molecule has 2 saturated carbocycles. The molecule has 2 aromatic carbocycles. The molecule has 0 aromatic heterocycles. The van der Waals surface area contributed by atoms with Crippen molar-refractivity contribution in [3.63, 3.8) is 0 Å². The number of phenolic OH excluding ortho intramolecular Hbond substituents is 1. The quantitative estimate of drug-likeness (QED) is 0.394. The average molecular weight is 615 g/mol. The summed E-state index contributed by atoms with van der Waals surface area (Å²) >= 11 is 0. The second kappa shape index (κ2) is 10.3. The third-order valence-electron chi connectivity index (χ3n) is 11.1. The predicted octanol–water partition coefficient (Wildman–Crippen LogP) is 6.18. The zero-order chi connectivity index (χ0) is 33.8. The minimum atomic E-state index is -2.71. The van der Waals surface area contributed by atoms with E-state index in [1.54, 1.807) is 20.8 Å². The zero-order valence-electron chi connectivity index (χ0n) is 28.1. The van der Waals surface area contributed by atoms with Crippen molar-refractivity contribution >= 4 is 28.9 Å². The van der Waals surface area contributed by atoms with Gasteiger partial charge in [0.15, 0.2) is 28.7 Å². The average Bonchev–Trinajstić information content (AvgIpc) is 2.89. The van der Waals surface area contributed by atoms with Crippen LogP contribution in [0.3, 0.4) is 0 Å². The van der Waals surface area contributed by atoms with Gasteiger partial charge in [0, 0.05) is 16.9 Å². The minimum absolute atomic E-state index is 0.0244. The summed E-state index contributed by atoms with van der Waals surface area (Å²) in [5.74, 6) is -8.52. The summed E-state index contributed by atoms with van der Waals surface area (Å²) in [5.41, 5.74) is -1.90. The van der Waals surface area contributed by atoms with Crippen molar-refractivity contribution in [2.45, 2.75) is 99.0 Å². The van der Waals surface area contributed by atoms with Crippen molar-refractivity contribution in [2.24, 2.45) is 34.5 Å². The van der Waals surface area contributed by atoms with Crippen LogP contribution in [0.5, 0.6) is 5.75 Å². The van der Waals surface area contributed by atoms with Gasteiger partial charge in [-0.2, -0.15) is 0 Å². The maximum absolute atomic E-state index is 14.7. The van der Waals surface area contributed by atoms with Crippen molar-refractivity contribution in [3.8, 4) is 16.9 Å². The number of aromatic hydroxyl groups is 1. The van der Waals surface area contributed by atoms with Crippen LogP contribution < -0.4 is 0 Å². The molecule has 0 aliphatic heterocycles. The van der Waals surface area contributed by atoms with Gasteiger partial charge < -0.3 is 10.2 Å². The highest BCUT2D eigenvalue weighted by Crippen LogP contribution is 2.64. The lowest BCUT2D eigenvalue weighted by molar-refractivity contribution is -0.205. The number of Topliss-reactive ketones (excluding diaryl/α,β-unsaturated/α-hetero) is 5. The van der Waals surface area contributed by atoms with Gasteiger partial charge in [0.2, 0.25) is 0 Å². The number of aliphatic hydroxyl groups is 1. The molecule has 6 atom stereocenters. The summed E-state index contributed by atoms with van der Waals surface area (Å²) in [5, 5.41) is 24.0. The van der Waals surface area contributed by atoms with Crippen LogP contribution in [-0.4, -0.2) is 44.7 Å². The van der Waals surface area contributed by atoms with Crippen LogP contribution in [0, 0.1) is 34.5 Å². The van der Waals surface area contributed by atoms with E-state index in [-0.39, 0.29) is 24.2 Å². The first-order chi connectivity index (χ1) is 20.6. The van der Waals surface area contributed by atoms with Gasteiger partial charge in [-0.3, -0.25) is 24.0 Å². The van der Waals surface area contributed by atoms with Crippen LogP contribution in [-0.2, 0) is 31.0 Å². The van der Waals surface area contributed by atoms with Crippen molar-refractivity contribution < 1.29 is 34.2 Å². The van der Waals surface area contributed by atoms with Gasteiger partial charge in [0.25, 0.3) is 0 Å². The SMILES string of the molecule is CC(=O)C1C(=O)C(C(C)C)[C@@]2(C)C[C@@]3(C)Cc4c(-c5ccc(C(C)C)cc5)cc(C(C)(C)C)c(O)c4C(=O)C3C(=O)[C@@]2(O)C1=O. The number of carbonyl (C=O) groups excluding carboxylic acids is 5. The van der Waals surface area contributed by atoms with Crippen LogP contribution in [0.25, 0.3) is 11.1 Å². The fourth-order valence-corrected chi connectivity index (χ4v) is 9.08. The normalized spacial score (nSPS) is 31.6. The van der Waals surface area contributed by atoms with E-state index in [2.05, 4.69) is 13.8 Å². The zero-order valence-corrected chi connectivity index (χ0v) is 28.1. The molecule has 2 aromatic rings. The third-order valence-corrected chi connectivity index (χ3v) is 11.1. The molecule has 3 aliphatic rings. The van der Waals surface area contributed by atoms with Gasteiger partial charge in [0.1, 0.15) is 17.5 Å². The fraction of sp³-hybridized carbons (Fsp3) is 0.553. The van der Waals surface area contributed by atoms with E-state index in [1.807, 2.05) is 58.0 Å². The Labute approximate surface area is 265 Å². The van der Waals surface area contributed by atoms with Gasteiger partial charge in [0.05, 0.1) is 11.5 Å². The predicted molar refractivity (Wildman–Crippen MR) is 171 cm³/mol. The van der Waals surface area contributed by atoms with Crippen LogP contribution in [0.2, 0.25) is 0 Å². The van der Waals surface area contributed by atoms with E-state index in [4.69, 9.17) is 0 Å². The Bertz CT molecular complexity index is 1660. The molecule has 7 nitrogen and oxygen atoms in total. The molecule has 2 N–H and O–H groups in total.